The minimum atomic E-state index is -4.28. The van der Waals surface area contributed by atoms with Gasteiger partial charge in [0.25, 0.3) is 0 Å². The molecule has 0 fully saturated rings. The lowest BCUT2D eigenvalue weighted by molar-refractivity contribution is -0.177. The fourth-order valence-corrected chi connectivity index (χ4v) is 2.64. The molecule has 0 radical (unpaired) electrons. The Balaban J connectivity index is 2.76. The number of benzene rings is 1. The number of alkyl halides is 4. The fraction of sp³-hybridized carbons (Fsp3) is 0.538. The van der Waals surface area contributed by atoms with Gasteiger partial charge in [0.15, 0.2) is 0 Å². The molecular formula is C13H16BrF3O. The fourth-order valence-electron chi connectivity index (χ4n) is 1.75. The first-order valence-electron chi connectivity index (χ1n) is 5.69. The maximum atomic E-state index is 12.1. The van der Waals surface area contributed by atoms with Crippen LogP contribution in [-0.2, 0) is 10.2 Å². The lowest BCUT2D eigenvalue weighted by atomic mass is 9.81. The van der Waals surface area contributed by atoms with Gasteiger partial charge in [-0.3, -0.25) is 0 Å². The van der Waals surface area contributed by atoms with Gasteiger partial charge in [0.2, 0.25) is 0 Å². The van der Waals surface area contributed by atoms with E-state index < -0.39 is 18.2 Å². The zero-order valence-corrected chi connectivity index (χ0v) is 11.7. The van der Waals surface area contributed by atoms with Crippen molar-refractivity contribution in [1.82, 2.24) is 0 Å². The van der Waals surface area contributed by atoms with E-state index in [1.165, 1.54) is 0 Å². The SMILES string of the molecule is CCC(CBr)(COCC(F)(F)F)c1ccccc1. The van der Waals surface area contributed by atoms with E-state index in [1.807, 2.05) is 37.3 Å². The first-order chi connectivity index (χ1) is 8.43. The highest BCUT2D eigenvalue weighted by atomic mass is 79.9. The van der Waals surface area contributed by atoms with Crippen molar-refractivity contribution >= 4 is 15.9 Å². The maximum absolute atomic E-state index is 12.1. The summed E-state index contributed by atoms with van der Waals surface area (Å²) in [5.74, 6) is 0. The van der Waals surface area contributed by atoms with E-state index in [2.05, 4.69) is 15.9 Å². The Hall–Kier alpha value is -0.550. The molecule has 0 spiro atoms. The van der Waals surface area contributed by atoms with Crippen molar-refractivity contribution in [3.8, 4) is 0 Å². The Morgan fingerprint density at radius 3 is 2.17 bits per heavy atom. The number of ether oxygens (including phenoxy) is 1. The van der Waals surface area contributed by atoms with E-state index in [4.69, 9.17) is 4.74 Å². The molecule has 18 heavy (non-hydrogen) atoms. The molecule has 5 heteroatoms. The largest absolute Gasteiger partial charge is 0.411 e. The minimum absolute atomic E-state index is 0.0538. The average molecular weight is 325 g/mol. The third kappa shape index (κ3) is 4.28. The predicted octanol–water partition coefficient (Wildman–Crippen LogP) is 4.31. The van der Waals surface area contributed by atoms with Crippen LogP contribution >= 0.6 is 15.9 Å². The quantitative estimate of drug-likeness (QED) is 0.708. The molecule has 0 N–H and O–H groups in total. The molecule has 1 aromatic carbocycles. The van der Waals surface area contributed by atoms with Crippen LogP contribution in [0.3, 0.4) is 0 Å². The van der Waals surface area contributed by atoms with Crippen molar-refractivity contribution in [2.45, 2.75) is 24.9 Å². The van der Waals surface area contributed by atoms with Gasteiger partial charge in [-0.15, -0.1) is 0 Å². The third-order valence-electron chi connectivity index (χ3n) is 2.96. The maximum Gasteiger partial charge on any atom is 0.411 e. The van der Waals surface area contributed by atoms with E-state index in [0.29, 0.717) is 11.8 Å². The Bertz CT molecular complexity index is 347. The van der Waals surface area contributed by atoms with Gasteiger partial charge >= 0.3 is 6.18 Å². The van der Waals surface area contributed by atoms with E-state index in [1.54, 1.807) is 0 Å². The van der Waals surface area contributed by atoms with Crippen LogP contribution in [0.15, 0.2) is 30.3 Å². The third-order valence-corrected chi connectivity index (χ3v) is 4.04. The van der Waals surface area contributed by atoms with Gasteiger partial charge in [0, 0.05) is 10.7 Å². The summed E-state index contributed by atoms with van der Waals surface area (Å²) in [7, 11) is 0. The Labute approximate surface area is 113 Å². The normalized spacial score (nSPS) is 15.4. The molecule has 1 nitrogen and oxygen atoms in total. The number of hydrogen-bond donors (Lipinski definition) is 0. The summed E-state index contributed by atoms with van der Waals surface area (Å²) in [4.78, 5) is 0. The van der Waals surface area contributed by atoms with Gasteiger partial charge in [0.1, 0.15) is 6.61 Å². The van der Waals surface area contributed by atoms with E-state index in [-0.39, 0.29) is 6.61 Å². The van der Waals surface area contributed by atoms with Crippen LogP contribution in [-0.4, -0.2) is 24.7 Å². The van der Waals surface area contributed by atoms with Crippen LogP contribution in [0.5, 0.6) is 0 Å². The van der Waals surface area contributed by atoms with Crippen molar-refractivity contribution in [3.63, 3.8) is 0 Å². The van der Waals surface area contributed by atoms with Gasteiger partial charge < -0.3 is 4.74 Å². The highest BCUT2D eigenvalue weighted by Gasteiger charge is 2.33. The molecule has 1 aromatic rings. The highest BCUT2D eigenvalue weighted by Crippen LogP contribution is 2.31. The molecule has 0 aliphatic carbocycles. The predicted molar refractivity (Wildman–Crippen MR) is 69.1 cm³/mol. The van der Waals surface area contributed by atoms with Gasteiger partial charge in [-0.25, -0.2) is 0 Å². The molecule has 0 bridgehead atoms. The van der Waals surface area contributed by atoms with Crippen molar-refractivity contribution in [2.24, 2.45) is 0 Å². The van der Waals surface area contributed by atoms with E-state index in [9.17, 15) is 13.2 Å². The number of halogens is 4. The smallest absolute Gasteiger partial charge is 0.371 e. The number of rotatable bonds is 6. The van der Waals surface area contributed by atoms with Crippen molar-refractivity contribution in [3.05, 3.63) is 35.9 Å². The highest BCUT2D eigenvalue weighted by molar-refractivity contribution is 9.09. The number of hydrogen-bond acceptors (Lipinski definition) is 1. The molecular weight excluding hydrogens is 309 g/mol. The molecule has 0 aliphatic heterocycles. The van der Waals surface area contributed by atoms with Gasteiger partial charge in [0.05, 0.1) is 6.61 Å². The first kappa shape index (κ1) is 15.5. The van der Waals surface area contributed by atoms with Gasteiger partial charge in [-0.05, 0) is 12.0 Å². The Kier molecular flexibility index (Phi) is 5.66. The molecule has 0 saturated heterocycles. The summed E-state index contributed by atoms with van der Waals surface area (Å²) in [6.45, 7) is 0.804. The van der Waals surface area contributed by atoms with Crippen LogP contribution < -0.4 is 0 Å². The summed E-state index contributed by atoms with van der Waals surface area (Å²) in [6, 6.07) is 9.48. The summed E-state index contributed by atoms with van der Waals surface area (Å²) in [5.41, 5.74) is 0.582. The second kappa shape index (κ2) is 6.57. The van der Waals surface area contributed by atoms with Crippen LogP contribution in [0, 0.1) is 0 Å². The van der Waals surface area contributed by atoms with Crippen LogP contribution in [0.1, 0.15) is 18.9 Å². The minimum Gasteiger partial charge on any atom is -0.371 e. The second-order valence-electron chi connectivity index (χ2n) is 4.24. The van der Waals surface area contributed by atoms with Gasteiger partial charge in [-0.2, -0.15) is 13.2 Å². The lowest BCUT2D eigenvalue weighted by Gasteiger charge is -2.31. The topological polar surface area (TPSA) is 9.23 Å². The molecule has 0 amide bonds. The summed E-state index contributed by atoms with van der Waals surface area (Å²) in [5, 5.41) is 0.568. The average Bonchev–Trinajstić information content (AvgIpc) is 2.35. The van der Waals surface area contributed by atoms with E-state index >= 15 is 0 Å². The zero-order valence-electron chi connectivity index (χ0n) is 10.1. The molecule has 1 atom stereocenters. The summed E-state index contributed by atoms with van der Waals surface area (Å²) < 4.78 is 41.2. The molecule has 0 heterocycles. The monoisotopic (exact) mass is 324 g/mol. The standard InChI is InChI=1S/C13H16BrF3O/c1-2-12(8-14,9-18-10-13(15,16)17)11-6-4-3-5-7-11/h3-7H,2,8-10H2,1H3. The molecule has 1 unspecified atom stereocenters. The van der Waals surface area contributed by atoms with Crippen molar-refractivity contribution < 1.29 is 17.9 Å². The van der Waals surface area contributed by atoms with Crippen LogP contribution in [0.25, 0.3) is 0 Å². The Morgan fingerprint density at radius 1 is 1.11 bits per heavy atom. The lowest BCUT2D eigenvalue weighted by Crippen LogP contribution is -2.35. The molecule has 1 rings (SSSR count). The van der Waals surface area contributed by atoms with Crippen molar-refractivity contribution in [2.75, 3.05) is 18.5 Å². The Morgan fingerprint density at radius 2 is 1.72 bits per heavy atom. The van der Waals surface area contributed by atoms with Gasteiger partial charge in [-0.1, -0.05) is 53.2 Å². The summed E-state index contributed by atoms with van der Waals surface area (Å²) in [6.07, 6.45) is -3.57. The second-order valence-corrected chi connectivity index (χ2v) is 4.80. The van der Waals surface area contributed by atoms with Crippen molar-refractivity contribution in [1.29, 1.82) is 0 Å². The molecule has 0 aliphatic rings. The molecule has 0 saturated carbocycles. The van der Waals surface area contributed by atoms with Crippen LogP contribution in [0.4, 0.5) is 13.2 Å². The van der Waals surface area contributed by atoms with Crippen LogP contribution in [0.2, 0.25) is 0 Å². The first-order valence-corrected chi connectivity index (χ1v) is 6.82. The van der Waals surface area contributed by atoms with E-state index in [0.717, 1.165) is 5.56 Å². The molecule has 102 valence electrons. The zero-order chi connectivity index (χ0) is 13.6. The summed E-state index contributed by atoms with van der Waals surface area (Å²) >= 11 is 3.39. The molecule has 0 aromatic heterocycles.